The molecule has 0 aromatic heterocycles. The minimum atomic E-state index is -0.191. The monoisotopic (exact) mass is 442 g/mol. The van der Waals surface area contributed by atoms with Crippen LogP contribution in [0, 0.1) is 56.7 Å². The zero-order valence-electron chi connectivity index (χ0n) is 22.0. The first-order valence-electron chi connectivity index (χ1n) is 13.7. The molecule has 2 nitrogen and oxygen atoms in total. The topological polar surface area (TPSA) is 40.5 Å². The number of hydrogen-bond acceptors (Lipinski definition) is 2. The molecule has 0 aromatic carbocycles. The Bertz CT molecular complexity index is 801. The second-order valence-corrected chi connectivity index (χ2v) is 14.8. The van der Waals surface area contributed by atoms with Gasteiger partial charge in [0.05, 0.1) is 12.2 Å². The van der Waals surface area contributed by atoms with Crippen LogP contribution in [0.3, 0.4) is 0 Å². The molecule has 5 aliphatic carbocycles. The second kappa shape index (κ2) is 6.87. The summed E-state index contributed by atoms with van der Waals surface area (Å²) in [5.41, 5.74) is 2.18. The van der Waals surface area contributed by atoms with Gasteiger partial charge in [0.2, 0.25) is 0 Å². The van der Waals surface area contributed by atoms with Crippen molar-refractivity contribution in [1.29, 1.82) is 0 Å². The van der Waals surface area contributed by atoms with E-state index >= 15 is 0 Å². The lowest BCUT2D eigenvalue weighted by atomic mass is 9.32. The van der Waals surface area contributed by atoms with Crippen LogP contribution in [0.1, 0.15) is 106 Å². The largest absolute Gasteiger partial charge is 0.393 e. The predicted octanol–water partition coefficient (Wildman–Crippen LogP) is 7.00. The van der Waals surface area contributed by atoms with Crippen molar-refractivity contribution in [1.82, 2.24) is 0 Å². The van der Waals surface area contributed by atoms with Crippen molar-refractivity contribution in [2.45, 2.75) is 118 Å². The van der Waals surface area contributed by atoms with Crippen LogP contribution >= 0.6 is 0 Å². The third kappa shape index (κ3) is 2.61. The Morgan fingerprint density at radius 3 is 2.03 bits per heavy atom. The summed E-state index contributed by atoms with van der Waals surface area (Å²) in [4.78, 5) is 0. The second-order valence-electron chi connectivity index (χ2n) is 14.8. The van der Waals surface area contributed by atoms with Crippen molar-refractivity contribution < 1.29 is 10.2 Å². The van der Waals surface area contributed by atoms with Gasteiger partial charge in [0, 0.05) is 0 Å². The maximum absolute atomic E-state index is 11.7. The predicted molar refractivity (Wildman–Crippen MR) is 132 cm³/mol. The zero-order chi connectivity index (χ0) is 23.5. The third-order valence-electron chi connectivity index (χ3n) is 13.6. The van der Waals surface area contributed by atoms with Crippen LogP contribution in [0.2, 0.25) is 0 Å². The Morgan fingerprint density at radius 2 is 1.38 bits per heavy atom. The maximum Gasteiger partial charge on any atom is 0.0602 e. The van der Waals surface area contributed by atoms with Gasteiger partial charge in [0.1, 0.15) is 0 Å². The Hall–Kier alpha value is -0.340. The molecule has 5 rings (SSSR count). The van der Waals surface area contributed by atoms with E-state index in [0.717, 1.165) is 19.3 Å². The molecule has 5 saturated carbocycles. The van der Waals surface area contributed by atoms with E-state index in [0.29, 0.717) is 35.0 Å². The number of allylic oxidation sites excluding steroid dienone is 1. The van der Waals surface area contributed by atoms with Gasteiger partial charge in [-0.25, -0.2) is 0 Å². The molecule has 2 N–H and O–H groups in total. The summed E-state index contributed by atoms with van der Waals surface area (Å²) in [5, 5.41) is 22.6. The smallest absolute Gasteiger partial charge is 0.0602 e. The van der Waals surface area contributed by atoms with Gasteiger partial charge in [-0.1, -0.05) is 53.7 Å². The van der Waals surface area contributed by atoms with Crippen molar-refractivity contribution in [3.8, 4) is 0 Å². The SMILES string of the molecule is C=C(C)[C@@H]1CC[C@@]2(C)[C@@H]1[C@H]1CC[C@@H]3[C@@]4(C)CC[C@H](O)C(C)(C)[C@@H]4CC[C@@]3(C)[C@]1(C)C[C@@H]2O. The Balaban J connectivity index is 1.57. The van der Waals surface area contributed by atoms with Crippen molar-refractivity contribution in [2.75, 3.05) is 0 Å². The highest BCUT2D eigenvalue weighted by molar-refractivity contribution is 5.22. The quantitative estimate of drug-likeness (QED) is 0.429. The van der Waals surface area contributed by atoms with Gasteiger partial charge in [-0.3, -0.25) is 0 Å². The van der Waals surface area contributed by atoms with Gasteiger partial charge in [0.25, 0.3) is 0 Å². The molecule has 0 saturated heterocycles. The van der Waals surface area contributed by atoms with E-state index in [2.05, 4.69) is 55.0 Å². The van der Waals surface area contributed by atoms with E-state index in [1.807, 2.05) is 0 Å². The minimum absolute atomic E-state index is 0.00718. The van der Waals surface area contributed by atoms with Crippen LogP contribution < -0.4 is 0 Å². The lowest BCUT2D eigenvalue weighted by molar-refractivity contribution is -0.261. The number of aliphatic hydroxyl groups excluding tert-OH is 2. The van der Waals surface area contributed by atoms with E-state index in [9.17, 15) is 10.2 Å². The zero-order valence-corrected chi connectivity index (χ0v) is 22.0. The molecule has 0 radical (unpaired) electrons. The van der Waals surface area contributed by atoms with Crippen molar-refractivity contribution >= 4 is 0 Å². The fourth-order valence-electron chi connectivity index (χ4n) is 11.5. The molecule has 32 heavy (non-hydrogen) atoms. The van der Waals surface area contributed by atoms with Gasteiger partial charge < -0.3 is 10.2 Å². The highest BCUT2D eigenvalue weighted by atomic mass is 16.3. The molecule has 0 unspecified atom stereocenters. The lowest BCUT2D eigenvalue weighted by Gasteiger charge is -2.73. The molecule has 0 bridgehead atoms. The molecule has 0 heterocycles. The van der Waals surface area contributed by atoms with Crippen molar-refractivity contribution in [2.24, 2.45) is 56.7 Å². The summed E-state index contributed by atoms with van der Waals surface area (Å²) in [6.07, 6.45) is 10.3. The fourth-order valence-corrected chi connectivity index (χ4v) is 11.5. The molecule has 5 fully saturated rings. The summed E-state index contributed by atoms with van der Waals surface area (Å²) in [7, 11) is 0. The van der Waals surface area contributed by atoms with Crippen LogP contribution in [0.4, 0.5) is 0 Å². The third-order valence-corrected chi connectivity index (χ3v) is 13.6. The summed E-state index contributed by atoms with van der Waals surface area (Å²) >= 11 is 0. The van der Waals surface area contributed by atoms with E-state index in [1.54, 1.807) is 0 Å². The van der Waals surface area contributed by atoms with Crippen LogP contribution in [-0.4, -0.2) is 22.4 Å². The summed E-state index contributed by atoms with van der Waals surface area (Å²) in [6.45, 7) is 21.5. The van der Waals surface area contributed by atoms with Gasteiger partial charge in [-0.15, -0.1) is 0 Å². The van der Waals surface area contributed by atoms with Gasteiger partial charge in [-0.05, 0) is 121 Å². The molecule has 0 aliphatic heterocycles. The average molecular weight is 443 g/mol. The molecule has 2 heteroatoms. The van der Waals surface area contributed by atoms with E-state index in [1.165, 1.54) is 44.1 Å². The first-order valence-corrected chi connectivity index (χ1v) is 13.7. The summed E-state index contributed by atoms with van der Waals surface area (Å²) in [5.74, 6) is 3.16. The molecule has 0 spiro atoms. The average Bonchev–Trinajstić information content (AvgIpc) is 3.05. The van der Waals surface area contributed by atoms with Crippen LogP contribution in [-0.2, 0) is 0 Å². The Kier molecular flexibility index (Phi) is 5.02. The number of fused-ring (bicyclic) bond motifs is 7. The number of rotatable bonds is 1. The first-order chi connectivity index (χ1) is 14.7. The standard InChI is InChI=1S/C30H50O2/c1-18(2)19-11-14-28(6)24(32)17-30(8)20(25(19)28)9-10-22-27(5)15-13-23(31)26(3,4)21(27)12-16-29(22,30)7/h19-25,31-32H,1,9-17H2,2-8H3/t19-,20+,21-,22+,23-,24-,25-,27-,28+,29+,30+/m0/s1. The summed E-state index contributed by atoms with van der Waals surface area (Å²) < 4.78 is 0. The van der Waals surface area contributed by atoms with Gasteiger partial charge in [-0.2, -0.15) is 0 Å². The molecular weight excluding hydrogens is 392 g/mol. The maximum atomic E-state index is 11.7. The van der Waals surface area contributed by atoms with Crippen LogP contribution in [0.5, 0.6) is 0 Å². The molecular formula is C30H50O2. The lowest BCUT2D eigenvalue weighted by Crippen LogP contribution is -2.68. The molecule has 11 atom stereocenters. The number of hydrogen-bond donors (Lipinski definition) is 2. The van der Waals surface area contributed by atoms with Crippen LogP contribution in [0.15, 0.2) is 12.2 Å². The summed E-state index contributed by atoms with van der Waals surface area (Å²) in [6, 6.07) is 0. The molecule has 0 aromatic rings. The number of aliphatic hydroxyl groups is 2. The van der Waals surface area contributed by atoms with Gasteiger partial charge >= 0.3 is 0 Å². The van der Waals surface area contributed by atoms with Gasteiger partial charge in [0.15, 0.2) is 0 Å². The van der Waals surface area contributed by atoms with E-state index in [-0.39, 0.29) is 33.9 Å². The Labute approximate surface area is 197 Å². The van der Waals surface area contributed by atoms with Crippen molar-refractivity contribution in [3.63, 3.8) is 0 Å². The molecule has 0 amide bonds. The van der Waals surface area contributed by atoms with E-state index in [4.69, 9.17) is 0 Å². The molecule has 5 aliphatic rings. The minimum Gasteiger partial charge on any atom is -0.393 e. The highest BCUT2D eigenvalue weighted by Crippen LogP contribution is 2.77. The highest BCUT2D eigenvalue weighted by Gasteiger charge is 2.71. The fraction of sp³-hybridized carbons (Fsp3) is 0.933. The Morgan fingerprint density at radius 1 is 0.719 bits per heavy atom. The normalized spacial score (nSPS) is 58.8. The van der Waals surface area contributed by atoms with Crippen molar-refractivity contribution in [3.05, 3.63) is 12.2 Å². The first kappa shape index (κ1) is 23.4. The van der Waals surface area contributed by atoms with E-state index < -0.39 is 0 Å². The molecule has 182 valence electrons. The van der Waals surface area contributed by atoms with Crippen LogP contribution in [0.25, 0.3) is 0 Å².